The molecule has 0 aliphatic rings. The van der Waals surface area contributed by atoms with E-state index in [1.807, 2.05) is 30.3 Å². The molecule has 0 fully saturated rings. The van der Waals surface area contributed by atoms with Crippen LogP contribution in [0.1, 0.15) is 27.0 Å². The molecule has 49 heavy (non-hydrogen) atoms. The Balaban J connectivity index is 0.000000267. The monoisotopic (exact) mass is 789 g/mol. The van der Waals surface area contributed by atoms with Crippen LogP contribution in [0.15, 0.2) is 60.7 Å². The molecule has 16 heteroatoms. The third-order valence-corrected chi connectivity index (χ3v) is 8.53. The van der Waals surface area contributed by atoms with Gasteiger partial charge in [-0.25, -0.2) is 0 Å². The summed E-state index contributed by atoms with van der Waals surface area (Å²) in [5, 5.41) is 27.4. The average Bonchev–Trinajstić information content (AvgIpc) is 3.04. The summed E-state index contributed by atoms with van der Waals surface area (Å²) in [7, 11) is 3.54. The third kappa shape index (κ3) is 11.4. The minimum Gasteiger partial charge on any atom is -0.486 e. The first-order chi connectivity index (χ1) is 23.2. The minimum absolute atomic E-state index is 0.123. The molecule has 0 spiro atoms. The smallest absolute Gasteiger partial charge is 0.322 e. The molecule has 0 radical (unpaired) electrons. The molecule has 260 valence electrons. The molecule has 0 aliphatic carbocycles. The fourth-order valence-electron chi connectivity index (χ4n) is 4.18. The molecule has 0 unspecified atom stereocenters. The lowest BCUT2D eigenvalue weighted by atomic mass is 10.1. The fraction of sp³-hybridized carbons (Fsp3) is 0.182. The number of ether oxygens (including phenoxy) is 2. The number of benzene rings is 4. The largest absolute Gasteiger partial charge is 0.486 e. The molecule has 4 aromatic rings. The first-order valence-corrected chi connectivity index (χ1v) is 16.4. The topological polar surface area (TPSA) is 146 Å². The van der Waals surface area contributed by atoms with E-state index < -0.39 is 24.4 Å². The van der Waals surface area contributed by atoms with Gasteiger partial charge in [0, 0.05) is 30.8 Å². The Morgan fingerprint density at radius 1 is 0.653 bits per heavy atom. The van der Waals surface area contributed by atoms with Crippen LogP contribution in [0.2, 0.25) is 30.1 Å². The van der Waals surface area contributed by atoms with E-state index in [0.717, 1.165) is 22.5 Å². The molecular formula is C33H29Cl6N3O7. The number of carbonyl (C=O) groups excluding carboxylic acids is 1. The van der Waals surface area contributed by atoms with Crippen LogP contribution < -0.4 is 25.4 Å². The Hall–Kier alpha value is -3.77. The summed E-state index contributed by atoms with van der Waals surface area (Å²) >= 11 is 37.1. The standard InChI is InChI=1S/C17H15Cl3N2O4.C16H14Cl3NO3/c1-21-13-4-2-3-9(15(13)20)8-26-16-11(18)5-10(6-12(16)19)17(25)22-7-14(23)24;1-20-13-4-2-3-10(15(13)19)8-23-16-11(17)5-9(6-12(16)18)7-14(21)22/h2-6,21H,7-8H2,1H3,(H,22,25)(H,23,24);2-6,20H,7-8H2,1H3,(H,21,22). The maximum Gasteiger partial charge on any atom is 0.322 e. The summed E-state index contributed by atoms with van der Waals surface area (Å²) in [6.07, 6.45) is -0.157. The van der Waals surface area contributed by atoms with Gasteiger partial charge in [-0.1, -0.05) is 93.9 Å². The fourth-order valence-corrected chi connectivity index (χ4v) is 5.97. The van der Waals surface area contributed by atoms with Crippen LogP contribution in [-0.4, -0.2) is 48.7 Å². The van der Waals surface area contributed by atoms with E-state index in [1.54, 1.807) is 20.2 Å². The SMILES string of the molecule is CNc1cccc(COc2c(Cl)cc(C(=O)NCC(=O)O)cc2Cl)c1Cl.CNc1cccc(COc2c(Cl)cc(CC(=O)O)cc2Cl)c1Cl. The van der Waals surface area contributed by atoms with Gasteiger partial charge in [0.1, 0.15) is 19.8 Å². The van der Waals surface area contributed by atoms with Crippen molar-refractivity contribution in [2.75, 3.05) is 31.3 Å². The van der Waals surface area contributed by atoms with Crippen LogP contribution in [0, 0.1) is 0 Å². The number of amides is 1. The second-order valence-electron chi connectivity index (χ2n) is 9.94. The van der Waals surface area contributed by atoms with Gasteiger partial charge in [-0.3, -0.25) is 14.4 Å². The van der Waals surface area contributed by atoms with Crippen LogP contribution in [0.25, 0.3) is 0 Å². The van der Waals surface area contributed by atoms with E-state index in [-0.39, 0.29) is 51.0 Å². The highest BCUT2D eigenvalue weighted by Gasteiger charge is 2.17. The van der Waals surface area contributed by atoms with E-state index in [2.05, 4.69) is 16.0 Å². The number of hydrogen-bond acceptors (Lipinski definition) is 7. The van der Waals surface area contributed by atoms with Crippen molar-refractivity contribution in [1.29, 1.82) is 0 Å². The predicted octanol–water partition coefficient (Wildman–Crippen LogP) is 8.98. The Morgan fingerprint density at radius 3 is 1.47 bits per heavy atom. The number of carbonyl (C=O) groups is 3. The zero-order valence-electron chi connectivity index (χ0n) is 25.8. The summed E-state index contributed by atoms with van der Waals surface area (Å²) in [6, 6.07) is 16.8. The molecule has 1 amide bonds. The third-order valence-electron chi connectivity index (χ3n) is 6.51. The maximum absolute atomic E-state index is 11.9. The second-order valence-corrected chi connectivity index (χ2v) is 12.3. The number of nitrogens with one attached hydrogen (secondary N) is 3. The summed E-state index contributed by atoms with van der Waals surface area (Å²) in [5.74, 6) is -2.22. The number of carboxylic acid groups (broad SMARTS) is 2. The highest BCUT2D eigenvalue weighted by atomic mass is 35.5. The molecule has 5 N–H and O–H groups in total. The first kappa shape index (κ1) is 39.7. The van der Waals surface area contributed by atoms with Gasteiger partial charge in [0.2, 0.25) is 0 Å². The summed E-state index contributed by atoms with van der Waals surface area (Å²) in [5.41, 5.74) is 3.70. The van der Waals surface area contributed by atoms with Crippen molar-refractivity contribution in [2.45, 2.75) is 19.6 Å². The number of rotatable bonds is 13. The number of anilines is 2. The number of halogens is 6. The Labute approximate surface area is 312 Å². The van der Waals surface area contributed by atoms with Crippen LogP contribution in [0.3, 0.4) is 0 Å². The molecule has 4 aromatic carbocycles. The van der Waals surface area contributed by atoms with Crippen molar-refractivity contribution < 1.29 is 34.1 Å². The van der Waals surface area contributed by atoms with Gasteiger partial charge >= 0.3 is 11.9 Å². The van der Waals surface area contributed by atoms with E-state index in [1.165, 1.54) is 24.3 Å². The highest BCUT2D eigenvalue weighted by Crippen LogP contribution is 2.37. The van der Waals surface area contributed by atoms with Crippen molar-refractivity contribution in [1.82, 2.24) is 5.32 Å². The van der Waals surface area contributed by atoms with Crippen molar-refractivity contribution in [2.24, 2.45) is 0 Å². The number of hydrogen-bond donors (Lipinski definition) is 5. The molecule has 0 saturated heterocycles. The van der Waals surface area contributed by atoms with Gasteiger partial charge in [-0.05, 0) is 42.0 Å². The predicted molar refractivity (Wildman–Crippen MR) is 195 cm³/mol. The van der Waals surface area contributed by atoms with E-state index >= 15 is 0 Å². The summed E-state index contributed by atoms with van der Waals surface area (Å²) < 4.78 is 11.3. The molecule has 0 aliphatic heterocycles. The molecule has 0 atom stereocenters. The Bertz CT molecular complexity index is 1790. The molecule has 0 bridgehead atoms. The lowest BCUT2D eigenvalue weighted by molar-refractivity contribution is -0.137. The van der Waals surface area contributed by atoms with Crippen LogP contribution in [0.5, 0.6) is 11.5 Å². The highest BCUT2D eigenvalue weighted by molar-refractivity contribution is 6.38. The van der Waals surface area contributed by atoms with Gasteiger partial charge in [0.15, 0.2) is 11.5 Å². The minimum atomic E-state index is -1.16. The van der Waals surface area contributed by atoms with E-state index in [4.69, 9.17) is 89.3 Å². The normalized spacial score (nSPS) is 10.4. The van der Waals surface area contributed by atoms with Gasteiger partial charge in [0.05, 0.1) is 47.9 Å². The van der Waals surface area contributed by atoms with Gasteiger partial charge in [-0.15, -0.1) is 0 Å². The van der Waals surface area contributed by atoms with E-state index in [0.29, 0.717) is 21.4 Å². The quantitative estimate of drug-likeness (QED) is 0.0896. The average molecular weight is 792 g/mol. The van der Waals surface area contributed by atoms with Crippen molar-refractivity contribution in [3.63, 3.8) is 0 Å². The molecule has 0 saturated carbocycles. The maximum atomic E-state index is 11.9. The molecule has 10 nitrogen and oxygen atoms in total. The Kier molecular flexibility index (Phi) is 15.3. The van der Waals surface area contributed by atoms with Gasteiger partial charge < -0.3 is 35.6 Å². The van der Waals surface area contributed by atoms with Crippen LogP contribution in [0.4, 0.5) is 11.4 Å². The van der Waals surface area contributed by atoms with Crippen molar-refractivity contribution in [3.8, 4) is 11.5 Å². The lowest BCUT2D eigenvalue weighted by Crippen LogP contribution is -2.29. The second kappa shape index (κ2) is 18.8. The molecule has 0 heterocycles. The first-order valence-electron chi connectivity index (χ1n) is 14.1. The van der Waals surface area contributed by atoms with Gasteiger partial charge in [-0.2, -0.15) is 0 Å². The molecule has 4 rings (SSSR count). The Morgan fingerprint density at radius 2 is 1.08 bits per heavy atom. The molecular weight excluding hydrogens is 763 g/mol. The van der Waals surface area contributed by atoms with Gasteiger partial charge in [0.25, 0.3) is 5.91 Å². The zero-order chi connectivity index (χ0) is 36.2. The summed E-state index contributed by atoms with van der Waals surface area (Å²) in [4.78, 5) is 33.2. The number of aliphatic carboxylic acids is 2. The van der Waals surface area contributed by atoms with Crippen LogP contribution in [-0.2, 0) is 29.2 Å². The van der Waals surface area contributed by atoms with E-state index in [9.17, 15) is 14.4 Å². The number of carboxylic acids is 2. The summed E-state index contributed by atoms with van der Waals surface area (Å²) in [6.45, 7) is -0.197. The van der Waals surface area contributed by atoms with Crippen molar-refractivity contribution in [3.05, 3.63) is 113 Å². The molecule has 0 aromatic heterocycles. The lowest BCUT2D eigenvalue weighted by Gasteiger charge is -2.14. The van der Waals surface area contributed by atoms with Crippen molar-refractivity contribution >= 4 is 98.8 Å². The zero-order valence-corrected chi connectivity index (χ0v) is 30.3. The van der Waals surface area contributed by atoms with Crippen LogP contribution >= 0.6 is 69.6 Å².